The molecule has 0 radical (unpaired) electrons. The molecule has 0 bridgehead atoms. The first-order valence-electron chi connectivity index (χ1n) is 5.77. The normalized spacial score (nSPS) is 11.4. The molecule has 20 heavy (non-hydrogen) atoms. The second-order valence-electron chi connectivity index (χ2n) is 4.14. The highest BCUT2D eigenvalue weighted by atomic mass is 19.4. The molecule has 0 amide bonds. The van der Waals surface area contributed by atoms with Crippen LogP contribution in [0, 0.1) is 0 Å². The number of ether oxygens (including phenoxy) is 1. The fourth-order valence-electron chi connectivity index (χ4n) is 1.81. The topological polar surface area (TPSA) is 42.4 Å². The van der Waals surface area contributed by atoms with Crippen LogP contribution in [0.25, 0.3) is 11.1 Å². The summed E-state index contributed by atoms with van der Waals surface area (Å²) < 4.78 is 43.2. The van der Waals surface area contributed by atoms with Crippen molar-refractivity contribution in [1.82, 2.24) is 4.98 Å². The summed E-state index contributed by atoms with van der Waals surface area (Å²) in [4.78, 5) is 3.97. The highest BCUT2D eigenvalue weighted by Gasteiger charge is 2.30. The molecular weight excluding hydrogens is 271 g/mol. The number of nitrogens with zero attached hydrogens (tertiary/aromatic N) is 1. The number of benzene rings is 1. The molecule has 0 unspecified atom stereocenters. The minimum atomic E-state index is -4.41. The molecule has 0 atom stereocenters. The third kappa shape index (κ3) is 2.91. The van der Waals surface area contributed by atoms with Crippen LogP contribution in [-0.2, 0) is 12.8 Å². The van der Waals surface area contributed by atoms with Crippen molar-refractivity contribution in [2.24, 2.45) is 0 Å². The third-order valence-electron chi connectivity index (χ3n) is 2.78. The van der Waals surface area contributed by atoms with Crippen molar-refractivity contribution in [3.05, 3.63) is 47.7 Å². The van der Waals surface area contributed by atoms with Crippen LogP contribution in [0.2, 0.25) is 0 Å². The summed E-state index contributed by atoms with van der Waals surface area (Å²) in [6, 6.07) is 6.44. The average molecular weight is 283 g/mol. The van der Waals surface area contributed by atoms with Crippen LogP contribution < -0.4 is 4.74 Å². The first-order chi connectivity index (χ1) is 9.45. The van der Waals surface area contributed by atoms with Crippen LogP contribution in [0.5, 0.6) is 5.88 Å². The molecule has 0 spiro atoms. The van der Waals surface area contributed by atoms with E-state index in [0.29, 0.717) is 16.7 Å². The van der Waals surface area contributed by atoms with Crippen LogP contribution in [0.15, 0.2) is 36.5 Å². The zero-order chi connectivity index (χ0) is 14.8. The van der Waals surface area contributed by atoms with Gasteiger partial charge in [-0.2, -0.15) is 13.2 Å². The van der Waals surface area contributed by atoms with E-state index in [1.807, 2.05) is 0 Å². The Kier molecular flexibility index (Phi) is 3.94. The number of aliphatic hydroxyl groups is 1. The number of halogens is 3. The van der Waals surface area contributed by atoms with E-state index in [9.17, 15) is 13.2 Å². The SMILES string of the molecule is COc1ncc(CO)cc1-c1cccc(C(F)(F)F)c1. The van der Waals surface area contributed by atoms with Gasteiger partial charge in [-0.05, 0) is 29.3 Å². The molecule has 106 valence electrons. The molecule has 3 nitrogen and oxygen atoms in total. The second kappa shape index (κ2) is 5.50. The van der Waals surface area contributed by atoms with Gasteiger partial charge in [0.2, 0.25) is 5.88 Å². The molecule has 1 aromatic heterocycles. The maximum atomic E-state index is 12.7. The van der Waals surface area contributed by atoms with Gasteiger partial charge in [0.05, 0.1) is 19.3 Å². The Morgan fingerprint density at radius 3 is 2.60 bits per heavy atom. The predicted octanol–water partition coefficient (Wildman–Crippen LogP) is 3.27. The standard InChI is InChI=1S/C14H12F3NO2/c1-20-13-12(5-9(8-19)7-18-13)10-3-2-4-11(6-10)14(15,16)17/h2-7,19H,8H2,1H3. The largest absolute Gasteiger partial charge is 0.481 e. The molecule has 0 aliphatic carbocycles. The van der Waals surface area contributed by atoms with E-state index in [-0.39, 0.29) is 12.5 Å². The zero-order valence-electron chi connectivity index (χ0n) is 10.6. The molecule has 1 heterocycles. The number of rotatable bonds is 3. The van der Waals surface area contributed by atoms with Crippen molar-refractivity contribution in [2.45, 2.75) is 12.8 Å². The summed E-state index contributed by atoms with van der Waals surface area (Å²) in [5.74, 6) is 0.210. The van der Waals surface area contributed by atoms with Crippen molar-refractivity contribution in [2.75, 3.05) is 7.11 Å². The Hall–Kier alpha value is -2.08. The lowest BCUT2D eigenvalue weighted by Crippen LogP contribution is -2.04. The number of hydrogen-bond donors (Lipinski definition) is 1. The van der Waals surface area contributed by atoms with E-state index in [4.69, 9.17) is 9.84 Å². The van der Waals surface area contributed by atoms with Gasteiger partial charge in [0.15, 0.2) is 0 Å². The van der Waals surface area contributed by atoms with Crippen molar-refractivity contribution in [3.8, 4) is 17.0 Å². The van der Waals surface area contributed by atoms with Crippen LogP contribution in [-0.4, -0.2) is 17.2 Å². The van der Waals surface area contributed by atoms with Crippen molar-refractivity contribution in [3.63, 3.8) is 0 Å². The number of aliphatic hydroxyl groups excluding tert-OH is 1. The summed E-state index contributed by atoms with van der Waals surface area (Å²) >= 11 is 0. The van der Waals surface area contributed by atoms with Gasteiger partial charge in [-0.15, -0.1) is 0 Å². The predicted molar refractivity (Wildman–Crippen MR) is 67.1 cm³/mol. The molecule has 2 rings (SSSR count). The fraction of sp³-hybridized carbons (Fsp3) is 0.214. The van der Waals surface area contributed by atoms with Crippen LogP contribution in [0.3, 0.4) is 0 Å². The van der Waals surface area contributed by atoms with E-state index < -0.39 is 11.7 Å². The molecule has 0 aliphatic rings. The van der Waals surface area contributed by atoms with E-state index in [1.165, 1.54) is 25.4 Å². The number of methoxy groups -OCH3 is 1. The van der Waals surface area contributed by atoms with Gasteiger partial charge in [0, 0.05) is 11.8 Å². The third-order valence-corrected chi connectivity index (χ3v) is 2.78. The van der Waals surface area contributed by atoms with E-state index in [1.54, 1.807) is 6.07 Å². The fourth-order valence-corrected chi connectivity index (χ4v) is 1.81. The summed E-state index contributed by atoms with van der Waals surface area (Å²) in [5, 5.41) is 9.10. The summed E-state index contributed by atoms with van der Waals surface area (Å²) in [5.41, 5.74) is 0.495. The van der Waals surface area contributed by atoms with Crippen molar-refractivity contribution < 1.29 is 23.0 Å². The Balaban J connectivity index is 2.55. The van der Waals surface area contributed by atoms with Crippen molar-refractivity contribution >= 4 is 0 Å². The second-order valence-corrected chi connectivity index (χ2v) is 4.14. The minimum Gasteiger partial charge on any atom is -0.481 e. The first-order valence-corrected chi connectivity index (χ1v) is 5.77. The smallest absolute Gasteiger partial charge is 0.416 e. The molecule has 0 aliphatic heterocycles. The summed E-state index contributed by atoms with van der Waals surface area (Å²) in [7, 11) is 1.39. The van der Waals surface area contributed by atoms with E-state index in [2.05, 4.69) is 4.98 Å². The number of hydrogen-bond acceptors (Lipinski definition) is 3. The van der Waals surface area contributed by atoms with Gasteiger partial charge in [-0.3, -0.25) is 0 Å². The lowest BCUT2D eigenvalue weighted by Gasteiger charge is -2.12. The van der Waals surface area contributed by atoms with Gasteiger partial charge in [-0.1, -0.05) is 12.1 Å². The Morgan fingerprint density at radius 2 is 2.00 bits per heavy atom. The van der Waals surface area contributed by atoms with Crippen LogP contribution in [0.1, 0.15) is 11.1 Å². The van der Waals surface area contributed by atoms with Gasteiger partial charge in [0.1, 0.15) is 0 Å². The zero-order valence-corrected chi connectivity index (χ0v) is 10.6. The molecule has 1 N–H and O–H groups in total. The van der Waals surface area contributed by atoms with Crippen molar-refractivity contribution in [1.29, 1.82) is 0 Å². The molecule has 6 heteroatoms. The highest BCUT2D eigenvalue weighted by Crippen LogP contribution is 2.34. The minimum absolute atomic E-state index is 0.210. The number of aromatic nitrogens is 1. The number of pyridine rings is 1. The van der Waals surface area contributed by atoms with E-state index >= 15 is 0 Å². The van der Waals surface area contributed by atoms with Gasteiger partial charge < -0.3 is 9.84 Å². The Labute approximate surface area is 113 Å². The monoisotopic (exact) mass is 283 g/mol. The van der Waals surface area contributed by atoms with Gasteiger partial charge in [-0.25, -0.2) is 4.98 Å². The van der Waals surface area contributed by atoms with Gasteiger partial charge in [0.25, 0.3) is 0 Å². The lowest BCUT2D eigenvalue weighted by atomic mass is 10.0. The molecular formula is C14H12F3NO2. The molecule has 0 saturated heterocycles. The maximum absolute atomic E-state index is 12.7. The van der Waals surface area contributed by atoms with Crippen LogP contribution >= 0.6 is 0 Å². The summed E-state index contributed by atoms with van der Waals surface area (Å²) in [6.07, 6.45) is -3.00. The Morgan fingerprint density at radius 1 is 1.25 bits per heavy atom. The average Bonchev–Trinajstić information content (AvgIpc) is 2.45. The molecule has 0 saturated carbocycles. The summed E-state index contributed by atoms with van der Waals surface area (Å²) in [6.45, 7) is -0.247. The van der Waals surface area contributed by atoms with Crippen LogP contribution in [0.4, 0.5) is 13.2 Å². The molecule has 0 fully saturated rings. The maximum Gasteiger partial charge on any atom is 0.416 e. The first kappa shape index (κ1) is 14.3. The quantitative estimate of drug-likeness (QED) is 0.940. The molecule has 1 aromatic carbocycles. The van der Waals surface area contributed by atoms with E-state index in [0.717, 1.165) is 12.1 Å². The highest BCUT2D eigenvalue weighted by molar-refractivity contribution is 5.69. The van der Waals surface area contributed by atoms with Gasteiger partial charge >= 0.3 is 6.18 Å². The Bertz CT molecular complexity index is 612. The lowest BCUT2D eigenvalue weighted by molar-refractivity contribution is -0.137. The molecule has 2 aromatic rings. The number of alkyl halides is 3.